The predicted octanol–water partition coefficient (Wildman–Crippen LogP) is -2.53. The van der Waals surface area contributed by atoms with Gasteiger partial charge in [0.05, 0.1) is 4.90 Å². The Hall–Kier alpha value is 0.280. The van der Waals surface area contributed by atoms with E-state index in [9.17, 15) is 13.0 Å². The molecule has 0 fully saturated rings. The van der Waals surface area contributed by atoms with Crippen molar-refractivity contribution in [3.8, 4) is 0 Å². The van der Waals surface area contributed by atoms with Gasteiger partial charge in [-0.2, -0.15) is 0 Å². The molecule has 0 aromatic heterocycles. The first kappa shape index (κ1) is 13.3. The van der Waals surface area contributed by atoms with Crippen LogP contribution in [0.3, 0.4) is 0 Å². The molecule has 13 heavy (non-hydrogen) atoms. The van der Waals surface area contributed by atoms with Gasteiger partial charge in [0.15, 0.2) is 0 Å². The van der Waals surface area contributed by atoms with Gasteiger partial charge in [-0.25, -0.2) is 8.42 Å². The van der Waals surface area contributed by atoms with Gasteiger partial charge in [-0.05, 0) is 18.2 Å². The second-order valence-corrected chi connectivity index (χ2v) is 4.01. The molecule has 0 saturated heterocycles. The van der Waals surface area contributed by atoms with Crippen LogP contribution in [0.1, 0.15) is 0 Å². The maximum atomic E-state index is 10.5. The van der Waals surface area contributed by atoms with Crippen LogP contribution in [0.5, 0.6) is 0 Å². The van der Waals surface area contributed by atoms with Crippen LogP contribution in [-0.4, -0.2) is 13.0 Å². The van der Waals surface area contributed by atoms with E-state index in [4.69, 9.17) is 5.73 Å². The quantitative estimate of drug-likeness (QED) is 0.240. The molecule has 0 bridgehead atoms. The van der Waals surface area contributed by atoms with Gasteiger partial charge in [-0.1, -0.05) is 0 Å². The largest absolute Gasteiger partial charge is 1.00 e. The summed E-state index contributed by atoms with van der Waals surface area (Å²) in [5.74, 6) is 0. The maximum absolute atomic E-state index is 10.5. The van der Waals surface area contributed by atoms with E-state index in [1.54, 1.807) is 0 Å². The molecular formula is C6H6NNaO3S2. The molecule has 66 valence electrons. The summed E-state index contributed by atoms with van der Waals surface area (Å²) < 4.78 is 31.6. The van der Waals surface area contributed by atoms with Crippen molar-refractivity contribution in [2.75, 3.05) is 5.73 Å². The normalized spacial score (nSPS) is 10.6. The fourth-order valence-corrected chi connectivity index (χ4v) is 1.85. The van der Waals surface area contributed by atoms with Crippen LogP contribution in [0.4, 0.5) is 5.69 Å². The molecule has 0 radical (unpaired) electrons. The molecule has 0 heterocycles. The zero-order valence-corrected chi connectivity index (χ0v) is 10.6. The molecule has 0 aliphatic heterocycles. The Morgan fingerprint density at radius 1 is 1.38 bits per heavy atom. The van der Waals surface area contributed by atoms with Crippen molar-refractivity contribution in [2.24, 2.45) is 0 Å². The second-order valence-electron chi connectivity index (χ2n) is 2.18. The Balaban J connectivity index is 0.00000144. The Kier molecular flexibility index (Phi) is 4.78. The van der Waals surface area contributed by atoms with Gasteiger partial charge < -0.3 is 10.3 Å². The van der Waals surface area contributed by atoms with Crippen molar-refractivity contribution >= 4 is 28.4 Å². The van der Waals surface area contributed by atoms with Crippen LogP contribution in [0.2, 0.25) is 0 Å². The molecular weight excluding hydrogens is 221 g/mol. The first-order chi connectivity index (χ1) is 5.41. The summed E-state index contributed by atoms with van der Waals surface area (Å²) in [6.45, 7) is 0. The topological polar surface area (TPSA) is 83.2 Å². The third kappa shape index (κ3) is 3.49. The average molecular weight is 227 g/mol. The number of anilines is 1. The number of nitrogen functional groups attached to an aromatic ring is 1. The van der Waals surface area contributed by atoms with Gasteiger partial charge in [-0.15, -0.1) is 12.6 Å². The van der Waals surface area contributed by atoms with Gasteiger partial charge in [-0.3, -0.25) is 0 Å². The smallest absolute Gasteiger partial charge is 0.744 e. The van der Waals surface area contributed by atoms with Crippen molar-refractivity contribution in [1.29, 1.82) is 0 Å². The molecule has 0 unspecified atom stereocenters. The van der Waals surface area contributed by atoms with Crippen molar-refractivity contribution in [1.82, 2.24) is 0 Å². The molecule has 0 spiro atoms. The van der Waals surface area contributed by atoms with E-state index in [0.29, 0.717) is 5.69 Å². The standard InChI is InChI=1S/C6H7NO3S2.Na/c7-4-1-2-6(5(11)3-4)12(8,9)10;/h1-3,11H,7H2,(H,8,9,10);/q;+1/p-1. The van der Waals surface area contributed by atoms with E-state index < -0.39 is 10.1 Å². The van der Waals surface area contributed by atoms with Gasteiger partial charge in [0, 0.05) is 10.6 Å². The first-order valence-electron chi connectivity index (χ1n) is 2.95. The number of benzene rings is 1. The van der Waals surface area contributed by atoms with Crippen LogP contribution in [-0.2, 0) is 10.1 Å². The van der Waals surface area contributed by atoms with E-state index in [2.05, 4.69) is 12.6 Å². The van der Waals surface area contributed by atoms with E-state index in [1.165, 1.54) is 12.1 Å². The van der Waals surface area contributed by atoms with Gasteiger partial charge in [0.1, 0.15) is 10.1 Å². The molecule has 7 heteroatoms. The summed E-state index contributed by atoms with van der Waals surface area (Å²) in [6, 6.07) is 3.79. The molecule has 1 rings (SSSR count). The van der Waals surface area contributed by atoms with Crippen molar-refractivity contribution < 1.29 is 42.5 Å². The second kappa shape index (κ2) is 4.68. The molecule has 1 aromatic carbocycles. The minimum Gasteiger partial charge on any atom is -0.744 e. The van der Waals surface area contributed by atoms with Crippen LogP contribution in [0, 0.1) is 0 Å². The Bertz CT molecular complexity index is 404. The Morgan fingerprint density at radius 3 is 2.31 bits per heavy atom. The van der Waals surface area contributed by atoms with E-state index in [-0.39, 0.29) is 39.3 Å². The molecule has 2 N–H and O–H groups in total. The molecule has 4 nitrogen and oxygen atoms in total. The Labute approximate surface area is 104 Å². The molecule has 0 aliphatic rings. The summed E-state index contributed by atoms with van der Waals surface area (Å²) in [4.78, 5) is -0.273. The summed E-state index contributed by atoms with van der Waals surface area (Å²) in [6.07, 6.45) is 0. The van der Waals surface area contributed by atoms with Gasteiger partial charge in [0.25, 0.3) is 0 Å². The van der Waals surface area contributed by atoms with E-state index >= 15 is 0 Å². The third-order valence-electron chi connectivity index (χ3n) is 1.25. The number of hydrogen-bond donors (Lipinski definition) is 2. The van der Waals surface area contributed by atoms with Crippen LogP contribution < -0.4 is 35.3 Å². The van der Waals surface area contributed by atoms with E-state index in [1.807, 2.05) is 0 Å². The van der Waals surface area contributed by atoms with Crippen LogP contribution >= 0.6 is 12.6 Å². The zero-order chi connectivity index (χ0) is 9.35. The van der Waals surface area contributed by atoms with Crippen molar-refractivity contribution in [3.05, 3.63) is 18.2 Å². The summed E-state index contributed by atoms with van der Waals surface area (Å²) in [5.41, 5.74) is 5.69. The molecule has 0 amide bonds. The minimum absolute atomic E-state index is 0. The molecule has 0 saturated carbocycles. The van der Waals surface area contributed by atoms with E-state index in [0.717, 1.165) is 6.07 Å². The van der Waals surface area contributed by atoms with Crippen molar-refractivity contribution in [2.45, 2.75) is 9.79 Å². The number of hydrogen-bond acceptors (Lipinski definition) is 5. The molecule has 1 aromatic rings. The maximum Gasteiger partial charge on any atom is 1.00 e. The number of nitrogens with two attached hydrogens (primary N) is 1. The molecule has 0 aliphatic carbocycles. The average Bonchev–Trinajstić information content (AvgIpc) is 1.83. The fraction of sp³-hybridized carbons (Fsp3) is 0. The third-order valence-corrected chi connectivity index (χ3v) is 2.67. The monoisotopic (exact) mass is 227 g/mol. The van der Waals surface area contributed by atoms with Gasteiger partial charge in [0.2, 0.25) is 0 Å². The van der Waals surface area contributed by atoms with Gasteiger partial charge >= 0.3 is 29.6 Å². The minimum atomic E-state index is -4.43. The summed E-state index contributed by atoms with van der Waals surface area (Å²) in [5, 5.41) is 0. The number of rotatable bonds is 1. The fourth-order valence-electron chi connectivity index (χ4n) is 0.746. The predicted molar refractivity (Wildman–Crippen MR) is 46.1 cm³/mol. The van der Waals surface area contributed by atoms with Crippen LogP contribution in [0.25, 0.3) is 0 Å². The van der Waals surface area contributed by atoms with Crippen LogP contribution in [0.15, 0.2) is 28.0 Å². The molecule has 0 atom stereocenters. The summed E-state index contributed by atoms with van der Waals surface area (Å²) in [7, 11) is -4.43. The number of thiol groups is 1. The summed E-state index contributed by atoms with van der Waals surface area (Å²) >= 11 is 3.80. The zero-order valence-electron chi connectivity index (χ0n) is 6.89. The first-order valence-corrected chi connectivity index (χ1v) is 4.81. The Morgan fingerprint density at radius 2 is 1.92 bits per heavy atom. The SMILES string of the molecule is Nc1ccc(S(=O)(=O)[O-])c(S)c1.[Na+]. The van der Waals surface area contributed by atoms with Crippen molar-refractivity contribution in [3.63, 3.8) is 0 Å².